The van der Waals surface area contributed by atoms with Crippen LogP contribution in [-0.4, -0.2) is 20.6 Å². The molecule has 2 heterocycles. The molecule has 0 radical (unpaired) electrons. The molecular weight excluding hydrogens is 477 g/mol. The van der Waals surface area contributed by atoms with E-state index in [1.165, 1.54) is 6.42 Å². The van der Waals surface area contributed by atoms with Gasteiger partial charge in [-0.1, -0.05) is 35.3 Å². The van der Waals surface area contributed by atoms with Crippen LogP contribution in [-0.2, 0) is 0 Å². The predicted molar refractivity (Wildman–Crippen MR) is 143 cm³/mol. The van der Waals surface area contributed by atoms with Crippen LogP contribution in [0.4, 0.5) is 11.4 Å². The van der Waals surface area contributed by atoms with Crippen molar-refractivity contribution in [3.05, 3.63) is 94.0 Å². The zero-order valence-electron chi connectivity index (χ0n) is 19.2. The number of anilines is 2. The summed E-state index contributed by atoms with van der Waals surface area (Å²) in [7, 11) is 0. The summed E-state index contributed by atoms with van der Waals surface area (Å²) in [5, 5.41) is 5.64. The molecule has 3 aromatic rings. The highest BCUT2D eigenvalue weighted by molar-refractivity contribution is 6.35. The predicted octanol–water partition coefficient (Wildman–Crippen LogP) is 7.34. The van der Waals surface area contributed by atoms with E-state index in [-0.39, 0.29) is 0 Å². The lowest BCUT2D eigenvalue weighted by molar-refractivity contribution is 0.413. The largest absolute Gasteiger partial charge is 0.352 e. The van der Waals surface area contributed by atoms with E-state index in [9.17, 15) is 0 Å². The summed E-state index contributed by atoms with van der Waals surface area (Å²) in [6.07, 6.45) is 5.25. The Kier molecular flexibility index (Phi) is 5.67. The molecule has 35 heavy (non-hydrogen) atoms. The number of aryl methyl sites for hydroxylation is 1. The van der Waals surface area contributed by atoms with Crippen molar-refractivity contribution in [2.24, 2.45) is 4.99 Å². The van der Waals surface area contributed by atoms with Gasteiger partial charge >= 0.3 is 0 Å². The summed E-state index contributed by atoms with van der Waals surface area (Å²) >= 11 is 12.9. The molecule has 1 fully saturated rings. The lowest BCUT2D eigenvalue weighted by Crippen LogP contribution is -2.22. The summed E-state index contributed by atoms with van der Waals surface area (Å²) in [5.74, 6) is 0. The molecule has 0 bridgehead atoms. The number of aromatic nitrogens is 3. The smallest absolute Gasteiger partial charge is 0.0900 e. The third kappa shape index (κ3) is 4.15. The topological polar surface area (TPSA) is 55.1 Å². The standard InChI is InChI=1S/C28H23Cl2N5/c1-17-21(9-5-13-31-17)33-23-15-25-28(16-24(23)32-19-6-4-7-19)35(26-12-11-18(29)14-20(26)30)27-10-3-2-8-22(27)34-25/h2-3,5,8-16,19,33H,4,6-7H2,1H3. The first-order chi connectivity index (χ1) is 17.1. The number of hydrogen-bond donors (Lipinski definition) is 1. The minimum absolute atomic E-state index is 0.337. The second-order valence-corrected chi connectivity index (χ2v) is 9.71. The van der Waals surface area contributed by atoms with E-state index in [0.717, 1.165) is 63.4 Å². The highest BCUT2D eigenvalue weighted by Crippen LogP contribution is 2.34. The molecule has 5 nitrogen and oxygen atoms in total. The number of rotatable bonds is 4. The molecule has 1 N–H and O–H groups in total. The number of halogens is 2. The van der Waals surface area contributed by atoms with Gasteiger partial charge in [-0.25, -0.2) is 4.98 Å². The highest BCUT2D eigenvalue weighted by Gasteiger charge is 2.20. The quantitative estimate of drug-likeness (QED) is 0.263. The van der Waals surface area contributed by atoms with Gasteiger partial charge in [0.15, 0.2) is 0 Å². The second kappa shape index (κ2) is 8.99. The monoisotopic (exact) mass is 499 g/mol. The first-order valence-electron chi connectivity index (χ1n) is 11.7. The van der Waals surface area contributed by atoms with Crippen LogP contribution in [0, 0.1) is 6.92 Å². The van der Waals surface area contributed by atoms with Gasteiger partial charge in [0.2, 0.25) is 0 Å². The normalized spacial score (nSPS) is 14.4. The average Bonchev–Trinajstić information content (AvgIpc) is 2.82. The molecule has 174 valence electrons. The Balaban J connectivity index is 1.66. The van der Waals surface area contributed by atoms with Gasteiger partial charge in [0.25, 0.3) is 0 Å². The summed E-state index contributed by atoms with van der Waals surface area (Å²) in [4.78, 5) is 14.5. The average molecular weight is 500 g/mol. The summed E-state index contributed by atoms with van der Waals surface area (Å²) in [6, 6.07) is 22.1. The molecule has 2 aliphatic carbocycles. The second-order valence-electron chi connectivity index (χ2n) is 8.86. The summed E-state index contributed by atoms with van der Waals surface area (Å²) in [5.41, 5.74) is 7.24. The number of nitrogens with one attached hydrogen (secondary N) is 1. The maximum absolute atomic E-state index is 6.71. The van der Waals surface area contributed by atoms with Gasteiger partial charge < -0.3 is 9.88 Å². The summed E-state index contributed by atoms with van der Waals surface area (Å²) < 4.78 is 2.15. The van der Waals surface area contributed by atoms with E-state index in [2.05, 4.69) is 33.1 Å². The first kappa shape index (κ1) is 22.1. The maximum atomic E-state index is 6.71. The fourth-order valence-electron chi connectivity index (χ4n) is 4.44. The molecule has 1 aliphatic heterocycles. The molecule has 0 amide bonds. The highest BCUT2D eigenvalue weighted by atomic mass is 35.5. The van der Waals surface area contributed by atoms with Crippen LogP contribution in [0.25, 0.3) is 28.1 Å². The van der Waals surface area contributed by atoms with Gasteiger partial charge in [0, 0.05) is 11.2 Å². The van der Waals surface area contributed by atoms with Crippen LogP contribution in [0.15, 0.2) is 77.9 Å². The van der Waals surface area contributed by atoms with Crippen molar-refractivity contribution in [1.82, 2.24) is 14.5 Å². The molecule has 2 aromatic carbocycles. The molecule has 7 heteroatoms. The van der Waals surface area contributed by atoms with E-state index in [1.54, 1.807) is 12.3 Å². The van der Waals surface area contributed by atoms with Gasteiger partial charge in [-0.15, -0.1) is 0 Å². The number of para-hydroxylation sites is 2. The Morgan fingerprint density at radius 2 is 1.83 bits per heavy atom. The fraction of sp³-hybridized carbons (Fsp3) is 0.179. The third-order valence-electron chi connectivity index (χ3n) is 6.52. The van der Waals surface area contributed by atoms with Gasteiger partial charge in [-0.05, 0) is 80.8 Å². The minimum Gasteiger partial charge on any atom is -0.352 e. The molecule has 3 aliphatic rings. The molecule has 0 saturated heterocycles. The van der Waals surface area contributed by atoms with Crippen LogP contribution in [0.1, 0.15) is 25.0 Å². The zero-order chi connectivity index (χ0) is 23.9. The van der Waals surface area contributed by atoms with Crippen molar-refractivity contribution in [2.75, 3.05) is 5.32 Å². The molecule has 6 rings (SSSR count). The van der Waals surface area contributed by atoms with Crippen molar-refractivity contribution < 1.29 is 0 Å². The molecule has 1 aromatic heterocycles. The van der Waals surface area contributed by atoms with Crippen molar-refractivity contribution in [3.63, 3.8) is 0 Å². The molecule has 0 unspecified atom stereocenters. The van der Waals surface area contributed by atoms with Crippen molar-refractivity contribution in [1.29, 1.82) is 0 Å². The minimum atomic E-state index is 0.337. The van der Waals surface area contributed by atoms with Gasteiger partial charge in [0.1, 0.15) is 0 Å². The Morgan fingerprint density at radius 3 is 2.60 bits per heavy atom. The van der Waals surface area contributed by atoms with Gasteiger partial charge in [0.05, 0.1) is 61.6 Å². The third-order valence-corrected chi connectivity index (χ3v) is 7.06. The fourth-order valence-corrected chi connectivity index (χ4v) is 4.94. The van der Waals surface area contributed by atoms with Gasteiger partial charge in [-0.3, -0.25) is 9.98 Å². The number of nitrogens with zero attached hydrogens (tertiary/aromatic N) is 4. The Bertz CT molecular complexity index is 1600. The van der Waals surface area contributed by atoms with Crippen LogP contribution < -0.4 is 10.7 Å². The van der Waals surface area contributed by atoms with Crippen LogP contribution in [0.2, 0.25) is 10.0 Å². The lowest BCUT2D eigenvalue weighted by Gasteiger charge is -2.23. The van der Waals surface area contributed by atoms with E-state index in [0.29, 0.717) is 16.1 Å². The molecule has 0 spiro atoms. The van der Waals surface area contributed by atoms with Crippen LogP contribution in [0.3, 0.4) is 0 Å². The van der Waals surface area contributed by atoms with Gasteiger partial charge in [-0.2, -0.15) is 0 Å². The van der Waals surface area contributed by atoms with E-state index in [1.807, 2.05) is 49.4 Å². The van der Waals surface area contributed by atoms with E-state index >= 15 is 0 Å². The zero-order valence-corrected chi connectivity index (χ0v) is 20.7. The molecular formula is C28H23Cl2N5. The van der Waals surface area contributed by atoms with Crippen molar-refractivity contribution in [2.45, 2.75) is 32.2 Å². The maximum Gasteiger partial charge on any atom is 0.0900 e. The van der Waals surface area contributed by atoms with Crippen LogP contribution >= 0.6 is 23.2 Å². The molecule has 0 atom stereocenters. The number of hydrogen-bond acceptors (Lipinski definition) is 4. The lowest BCUT2D eigenvalue weighted by atomic mass is 9.94. The van der Waals surface area contributed by atoms with Crippen molar-refractivity contribution >= 4 is 45.6 Å². The Hall–Kier alpha value is -3.41. The number of fused-ring (bicyclic) bond motifs is 2. The van der Waals surface area contributed by atoms with E-state index < -0.39 is 0 Å². The van der Waals surface area contributed by atoms with Crippen LogP contribution in [0.5, 0.6) is 0 Å². The molecule has 1 saturated carbocycles. The summed E-state index contributed by atoms with van der Waals surface area (Å²) in [6.45, 7) is 1.99. The SMILES string of the molecule is Cc1ncccc1Nc1cc2nc3ccccc3n(-c3ccc(Cl)cc3Cl)c-2cc1=NC1CCC1. The van der Waals surface area contributed by atoms with E-state index in [4.69, 9.17) is 33.2 Å². The van der Waals surface area contributed by atoms with Crippen molar-refractivity contribution in [3.8, 4) is 17.1 Å². The number of pyridine rings is 1. The number of benzene rings is 3. The first-order valence-corrected chi connectivity index (χ1v) is 12.5. The Labute approximate surface area is 213 Å². The Morgan fingerprint density at radius 1 is 0.971 bits per heavy atom.